The van der Waals surface area contributed by atoms with Crippen molar-refractivity contribution in [3.05, 3.63) is 65.0 Å². The van der Waals surface area contributed by atoms with E-state index in [1.54, 1.807) is 13.1 Å². The maximum absolute atomic E-state index is 10.2. The van der Waals surface area contributed by atoms with Gasteiger partial charge in [-0.1, -0.05) is 42.5 Å². The van der Waals surface area contributed by atoms with Gasteiger partial charge in [-0.2, -0.15) is 0 Å². The molecule has 4 heteroatoms. The molecule has 2 heterocycles. The van der Waals surface area contributed by atoms with Gasteiger partial charge in [-0.25, -0.2) is 0 Å². The van der Waals surface area contributed by atoms with Gasteiger partial charge in [0.15, 0.2) is 6.29 Å². The molecular weight excluding hydrogens is 278 g/mol. The van der Waals surface area contributed by atoms with Gasteiger partial charge in [0.2, 0.25) is 0 Å². The Hall–Kier alpha value is -2.17. The maximum Gasteiger partial charge on any atom is 0.188 e. The number of aryl methyl sites for hydroxylation is 1. The molecule has 1 aliphatic rings. The minimum absolute atomic E-state index is 0.135. The Labute approximate surface area is 130 Å². The summed E-state index contributed by atoms with van der Waals surface area (Å²) in [5.41, 5.74) is 3.29. The number of benzene rings is 1. The van der Waals surface area contributed by atoms with Crippen LogP contribution in [0.5, 0.6) is 5.75 Å². The van der Waals surface area contributed by atoms with Crippen LogP contribution < -0.4 is 0 Å². The second-order valence-corrected chi connectivity index (χ2v) is 5.39. The molecule has 1 aliphatic heterocycles. The van der Waals surface area contributed by atoms with Crippen molar-refractivity contribution in [1.29, 1.82) is 0 Å². The lowest BCUT2D eigenvalue weighted by Crippen LogP contribution is -2.11. The number of pyridine rings is 1. The average Bonchev–Trinajstić information content (AvgIpc) is 2.93. The molecule has 2 atom stereocenters. The molecule has 0 radical (unpaired) electrons. The molecule has 0 aliphatic carbocycles. The fraction of sp³-hybridized carbons (Fsp3) is 0.278. The Morgan fingerprint density at radius 2 is 2.14 bits per heavy atom. The first-order chi connectivity index (χ1) is 10.6. The molecule has 0 spiro atoms. The SMILES string of the molecule is Cc1ncc2c(c1O)C(OC(C)/C=C/c1ccccc1)OC2. The highest BCUT2D eigenvalue weighted by Gasteiger charge is 2.29. The molecule has 2 aromatic rings. The molecule has 0 saturated carbocycles. The summed E-state index contributed by atoms with van der Waals surface area (Å²) in [6.45, 7) is 4.13. The molecule has 2 unspecified atom stereocenters. The first-order valence-corrected chi connectivity index (χ1v) is 7.33. The average molecular weight is 297 g/mol. The summed E-state index contributed by atoms with van der Waals surface area (Å²) >= 11 is 0. The van der Waals surface area contributed by atoms with Crippen LogP contribution >= 0.6 is 0 Å². The van der Waals surface area contributed by atoms with Crippen LogP contribution in [0.15, 0.2) is 42.6 Å². The number of nitrogens with zero attached hydrogens (tertiary/aromatic N) is 1. The van der Waals surface area contributed by atoms with Crippen molar-refractivity contribution in [1.82, 2.24) is 4.98 Å². The van der Waals surface area contributed by atoms with Crippen LogP contribution in [0.3, 0.4) is 0 Å². The highest BCUT2D eigenvalue weighted by Crippen LogP contribution is 2.39. The van der Waals surface area contributed by atoms with E-state index < -0.39 is 6.29 Å². The van der Waals surface area contributed by atoms with E-state index in [0.29, 0.717) is 17.9 Å². The van der Waals surface area contributed by atoms with E-state index in [4.69, 9.17) is 9.47 Å². The smallest absolute Gasteiger partial charge is 0.188 e. The molecule has 1 N–H and O–H groups in total. The van der Waals surface area contributed by atoms with Crippen LogP contribution in [0.4, 0.5) is 0 Å². The van der Waals surface area contributed by atoms with Crippen molar-refractivity contribution in [2.75, 3.05) is 0 Å². The van der Waals surface area contributed by atoms with E-state index in [0.717, 1.165) is 11.1 Å². The molecule has 22 heavy (non-hydrogen) atoms. The number of hydrogen-bond acceptors (Lipinski definition) is 4. The van der Waals surface area contributed by atoms with Gasteiger partial charge < -0.3 is 14.6 Å². The Morgan fingerprint density at radius 3 is 2.91 bits per heavy atom. The van der Waals surface area contributed by atoms with Crippen molar-refractivity contribution >= 4 is 6.08 Å². The molecular formula is C18H19NO3. The number of aromatic hydroxyl groups is 1. The summed E-state index contributed by atoms with van der Waals surface area (Å²) in [4.78, 5) is 4.14. The van der Waals surface area contributed by atoms with Crippen molar-refractivity contribution < 1.29 is 14.6 Å². The molecule has 1 aromatic carbocycles. The summed E-state index contributed by atoms with van der Waals surface area (Å²) in [5.74, 6) is 0.166. The van der Waals surface area contributed by atoms with Crippen LogP contribution in [-0.2, 0) is 16.1 Å². The van der Waals surface area contributed by atoms with Crippen LogP contribution in [0.1, 0.15) is 35.6 Å². The topological polar surface area (TPSA) is 51.6 Å². The van der Waals surface area contributed by atoms with Crippen molar-refractivity contribution in [3.63, 3.8) is 0 Å². The Kier molecular flexibility index (Phi) is 4.22. The maximum atomic E-state index is 10.2. The van der Waals surface area contributed by atoms with E-state index in [9.17, 15) is 5.11 Å². The molecule has 0 fully saturated rings. The molecule has 1 aromatic heterocycles. The van der Waals surface area contributed by atoms with Gasteiger partial charge >= 0.3 is 0 Å². The fourth-order valence-electron chi connectivity index (χ4n) is 2.44. The van der Waals surface area contributed by atoms with Gasteiger partial charge in [-0.05, 0) is 19.4 Å². The predicted octanol–water partition coefficient (Wildman–Crippen LogP) is 3.74. The third kappa shape index (κ3) is 3.03. The zero-order valence-electron chi connectivity index (χ0n) is 12.7. The number of rotatable bonds is 4. The Morgan fingerprint density at radius 1 is 1.36 bits per heavy atom. The van der Waals surface area contributed by atoms with Crippen LogP contribution in [0, 0.1) is 6.92 Å². The third-order valence-electron chi connectivity index (χ3n) is 3.68. The normalized spacial score (nSPS) is 18.5. The van der Waals surface area contributed by atoms with E-state index in [1.165, 1.54) is 0 Å². The summed E-state index contributed by atoms with van der Waals surface area (Å²) in [6, 6.07) is 10.0. The highest BCUT2D eigenvalue weighted by atomic mass is 16.7. The van der Waals surface area contributed by atoms with E-state index in [1.807, 2.05) is 49.4 Å². The standard InChI is InChI=1S/C18H19NO3/c1-12(8-9-14-6-4-3-5-7-14)22-18-16-15(11-21-18)10-19-13(2)17(16)20/h3-10,12,18,20H,11H2,1-2H3/b9-8+. The van der Waals surface area contributed by atoms with Gasteiger partial charge in [0.25, 0.3) is 0 Å². The summed E-state index contributed by atoms with van der Waals surface area (Å²) < 4.78 is 11.5. The van der Waals surface area contributed by atoms with E-state index in [2.05, 4.69) is 4.98 Å². The summed E-state index contributed by atoms with van der Waals surface area (Å²) in [7, 11) is 0. The number of aromatic nitrogens is 1. The van der Waals surface area contributed by atoms with Gasteiger partial charge in [0.05, 0.1) is 24.0 Å². The van der Waals surface area contributed by atoms with Crippen LogP contribution in [-0.4, -0.2) is 16.2 Å². The zero-order valence-corrected chi connectivity index (χ0v) is 12.7. The third-order valence-corrected chi connectivity index (χ3v) is 3.68. The lowest BCUT2D eigenvalue weighted by molar-refractivity contribution is -0.153. The number of fused-ring (bicyclic) bond motifs is 1. The van der Waals surface area contributed by atoms with Gasteiger partial charge in [-0.3, -0.25) is 4.98 Å². The molecule has 0 amide bonds. The summed E-state index contributed by atoms with van der Waals surface area (Å²) in [5, 5.41) is 10.2. The van der Waals surface area contributed by atoms with Crippen molar-refractivity contribution in [3.8, 4) is 5.75 Å². The van der Waals surface area contributed by atoms with E-state index in [-0.39, 0.29) is 11.9 Å². The van der Waals surface area contributed by atoms with Crippen molar-refractivity contribution in [2.45, 2.75) is 32.8 Å². The number of ether oxygens (including phenoxy) is 2. The van der Waals surface area contributed by atoms with Gasteiger partial charge in [0.1, 0.15) is 5.75 Å². The Bertz CT molecular complexity index is 682. The molecule has 3 rings (SSSR count). The fourth-order valence-corrected chi connectivity index (χ4v) is 2.44. The minimum atomic E-state index is -0.549. The quantitative estimate of drug-likeness (QED) is 0.934. The molecule has 114 valence electrons. The highest BCUT2D eigenvalue weighted by molar-refractivity contribution is 5.49. The van der Waals surface area contributed by atoms with Crippen LogP contribution in [0.25, 0.3) is 6.08 Å². The van der Waals surface area contributed by atoms with Gasteiger partial charge in [0, 0.05) is 11.8 Å². The second-order valence-electron chi connectivity index (χ2n) is 5.39. The Balaban J connectivity index is 1.71. The van der Waals surface area contributed by atoms with Gasteiger partial charge in [-0.15, -0.1) is 0 Å². The lowest BCUT2D eigenvalue weighted by atomic mass is 10.1. The first-order valence-electron chi connectivity index (χ1n) is 7.33. The summed E-state index contributed by atoms with van der Waals surface area (Å²) in [6.07, 6.45) is 5.04. The zero-order chi connectivity index (χ0) is 15.5. The lowest BCUT2D eigenvalue weighted by Gasteiger charge is -2.17. The second kappa shape index (κ2) is 6.30. The predicted molar refractivity (Wildman–Crippen MR) is 84.2 cm³/mol. The molecule has 0 bridgehead atoms. The molecule has 4 nitrogen and oxygen atoms in total. The van der Waals surface area contributed by atoms with Crippen LogP contribution in [0.2, 0.25) is 0 Å². The largest absolute Gasteiger partial charge is 0.506 e. The monoisotopic (exact) mass is 297 g/mol. The molecule has 0 saturated heterocycles. The van der Waals surface area contributed by atoms with E-state index >= 15 is 0 Å². The minimum Gasteiger partial charge on any atom is -0.506 e. The first kappa shape index (κ1) is 14.8. The number of hydrogen-bond donors (Lipinski definition) is 1. The van der Waals surface area contributed by atoms with Crippen molar-refractivity contribution in [2.24, 2.45) is 0 Å².